The van der Waals surface area contributed by atoms with Gasteiger partial charge >= 0.3 is 5.97 Å². The van der Waals surface area contributed by atoms with Crippen LogP contribution in [0.15, 0.2) is 65.1 Å². The van der Waals surface area contributed by atoms with Crippen molar-refractivity contribution in [2.24, 2.45) is 0 Å². The monoisotopic (exact) mass is 426 g/mol. The Morgan fingerprint density at radius 1 is 1.04 bits per heavy atom. The van der Waals surface area contributed by atoms with Gasteiger partial charge in [-0.1, -0.05) is 34.1 Å². The van der Waals surface area contributed by atoms with E-state index in [4.69, 9.17) is 4.74 Å². The molecule has 0 aliphatic carbocycles. The number of amides is 1. The molecule has 27 heavy (non-hydrogen) atoms. The summed E-state index contributed by atoms with van der Waals surface area (Å²) in [6, 6.07) is 18.7. The number of ether oxygens (including phenoxy) is 1. The standard InChI is InChI=1S/C21H19BrN2O3/c1-14-12-19(15(2)24(14)18-6-4-3-5-7-18)21(26)27-13-20(25)23-17-10-8-16(22)9-11-17/h3-12H,13H2,1-2H3,(H,23,25). The van der Waals surface area contributed by atoms with Crippen LogP contribution in [-0.2, 0) is 9.53 Å². The summed E-state index contributed by atoms with van der Waals surface area (Å²) in [5, 5.41) is 2.69. The summed E-state index contributed by atoms with van der Waals surface area (Å²) in [7, 11) is 0. The van der Waals surface area contributed by atoms with Crippen molar-refractivity contribution in [3.05, 3.63) is 82.1 Å². The molecule has 2 aromatic carbocycles. The zero-order valence-electron chi connectivity index (χ0n) is 15.0. The lowest BCUT2D eigenvalue weighted by atomic mass is 10.2. The van der Waals surface area contributed by atoms with Crippen molar-refractivity contribution in [1.29, 1.82) is 0 Å². The van der Waals surface area contributed by atoms with E-state index in [1.54, 1.807) is 18.2 Å². The van der Waals surface area contributed by atoms with E-state index in [2.05, 4.69) is 21.2 Å². The van der Waals surface area contributed by atoms with Crippen LogP contribution in [0.2, 0.25) is 0 Å². The van der Waals surface area contributed by atoms with Crippen molar-refractivity contribution in [1.82, 2.24) is 4.57 Å². The molecular formula is C21H19BrN2O3. The third kappa shape index (κ3) is 4.46. The highest BCUT2D eigenvalue weighted by molar-refractivity contribution is 9.10. The second-order valence-corrected chi connectivity index (χ2v) is 7.00. The summed E-state index contributed by atoms with van der Waals surface area (Å²) in [5.41, 5.74) is 3.76. The molecule has 1 amide bonds. The molecule has 0 saturated heterocycles. The van der Waals surface area contributed by atoms with Gasteiger partial charge in [-0.3, -0.25) is 4.79 Å². The Hall–Kier alpha value is -2.86. The second-order valence-electron chi connectivity index (χ2n) is 6.09. The summed E-state index contributed by atoms with van der Waals surface area (Å²) in [6.07, 6.45) is 0. The summed E-state index contributed by atoms with van der Waals surface area (Å²) in [4.78, 5) is 24.4. The minimum atomic E-state index is -0.517. The zero-order valence-corrected chi connectivity index (χ0v) is 16.6. The highest BCUT2D eigenvalue weighted by atomic mass is 79.9. The summed E-state index contributed by atoms with van der Waals surface area (Å²) >= 11 is 3.33. The number of nitrogens with one attached hydrogen (secondary N) is 1. The third-order valence-electron chi connectivity index (χ3n) is 4.13. The Labute approximate surface area is 166 Å². The van der Waals surface area contributed by atoms with Gasteiger partial charge in [0.1, 0.15) is 0 Å². The van der Waals surface area contributed by atoms with Gasteiger partial charge in [-0.05, 0) is 56.3 Å². The van der Waals surface area contributed by atoms with Crippen LogP contribution in [0.4, 0.5) is 5.69 Å². The number of aromatic nitrogens is 1. The highest BCUT2D eigenvalue weighted by Gasteiger charge is 2.18. The summed E-state index contributed by atoms with van der Waals surface area (Å²) < 4.78 is 8.10. The first-order valence-corrected chi connectivity index (χ1v) is 9.22. The quantitative estimate of drug-likeness (QED) is 0.603. The van der Waals surface area contributed by atoms with Crippen LogP contribution in [0.1, 0.15) is 21.7 Å². The van der Waals surface area contributed by atoms with Gasteiger partial charge in [-0.15, -0.1) is 0 Å². The SMILES string of the molecule is Cc1cc(C(=O)OCC(=O)Nc2ccc(Br)cc2)c(C)n1-c1ccccc1. The van der Waals surface area contributed by atoms with Gasteiger partial charge in [0, 0.05) is 27.2 Å². The second kappa shape index (κ2) is 8.22. The maximum absolute atomic E-state index is 12.4. The number of hydrogen-bond donors (Lipinski definition) is 1. The minimum Gasteiger partial charge on any atom is -0.452 e. The molecular weight excluding hydrogens is 408 g/mol. The predicted molar refractivity (Wildman–Crippen MR) is 108 cm³/mol. The molecule has 0 atom stereocenters. The summed E-state index contributed by atoms with van der Waals surface area (Å²) in [6.45, 7) is 3.44. The van der Waals surface area contributed by atoms with Crippen molar-refractivity contribution in [2.45, 2.75) is 13.8 Å². The van der Waals surface area contributed by atoms with Crippen LogP contribution >= 0.6 is 15.9 Å². The fourth-order valence-electron chi connectivity index (χ4n) is 2.88. The van der Waals surface area contributed by atoms with Crippen molar-refractivity contribution in [3.63, 3.8) is 0 Å². The number of para-hydroxylation sites is 1. The third-order valence-corrected chi connectivity index (χ3v) is 4.66. The summed E-state index contributed by atoms with van der Waals surface area (Å²) in [5.74, 6) is -0.904. The fourth-order valence-corrected chi connectivity index (χ4v) is 3.15. The molecule has 1 N–H and O–H groups in total. The minimum absolute atomic E-state index is 0.343. The van der Waals surface area contributed by atoms with E-state index >= 15 is 0 Å². The molecule has 1 heterocycles. The first-order chi connectivity index (χ1) is 13.0. The maximum atomic E-state index is 12.4. The smallest absolute Gasteiger partial charge is 0.340 e. The Balaban J connectivity index is 1.66. The molecule has 0 spiro atoms. The van der Waals surface area contributed by atoms with E-state index in [0.717, 1.165) is 21.5 Å². The molecule has 3 aromatic rings. The molecule has 3 rings (SSSR count). The van der Waals surface area contributed by atoms with Crippen LogP contribution in [0.3, 0.4) is 0 Å². The number of rotatable bonds is 5. The first-order valence-electron chi connectivity index (χ1n) is 8.42. The number of hydrogen-bond acceptors (Lipinski definition) is 3. The van der Waals surface area contributed by atoms with Crippen molar-refractivity contribution in [3.8, 4) is 5.69 Å². The number of carbonyl (C=O) groups is 2. The lowest BCUT2D eigenvalue weighted by Gasteiger charge is -2.10. The topological polar surface area (TPSA) is 60.3 Å². The van der Waals surface area contributed by atoms with Crippen LogP contribution < -0.4 is 5.32 Å². The van der Waals surface area contributed by atoms with Crippen LogP contribution in [-0.4, -0.2) is 23.1 Å². The molecule has 5 nitrogen and oxygen atoms in total. The first kappa shape index (κ1) is 18.9. The Morgan fingerprint density at radius 2 is 1.70 bits per heavy atom. The average Bonchev–Trinajstić information content (AvgIpc) is 2.96. The molecule has 0 aliphatic heterocycles. The van der Waals surface area contributed by atoms with Crippen molar-refractivity contribution >= 4 is 33.5 Å². The molecule has 0 bridgehead atoms. The van der Waals surface area contributed by atoms with Gasteiger partial charge in [0.2, 0.25) is 0 Å². The lowest BCUT2D eigenvalue weighted by Crippen LogP contribution is -2.21. The lowest BCUT2D eigenvalue weighted by molar-refractivity contribution is -0.119. The van der Waals surface area contributed by atoms with Gasteiger partial charge in [0.15, 0.2) is 6.61 Å². The molecule has 0 unspecified atom stereocenters. The van der Waals surface area contributed by atoms with E-state index in [-0.39, 0.29) is 12.5 Å². The Morgan fingerprint density at radius 3 is 2.37 bits per heavy atom. The molecule has 138 valence electrons. The number of esters is 1. The molecule has 0 saturated carbocycles. The number of benzene rings is 2. The maximum Gasteiger partial charge on any atom is 0.340 e. The number of carbonyl (C=O) groups excluding carboxylic acids is 2. The number of halogens is 1. The van der Waals surface area contributed by atoms with E-state index in [1.807, 2.05) is 60.9 Å². The van der Waals surface area contributed by atoms with E-state index in [0.29, 0.717) is 11.3 Å². The molecule has 6 heteroatoms. The van der Waals surface area contributed by atoms with Gasteiger partial charge in [-0.25, -0.2) is 4.79 Å². The van der Waals surface area contributed by atoms with Crippen LogP contribution in [0.25, 0.3) is 5.69 Å². The molecule has 0 fully saturated rings. The van der Waals surface area contributed by atoms with Gasteiger partial charge in [0.25, 0.3) is 5.91 Å². The van der Waals surface area contributed by atoms with E-state index in [1.165, 1.54) is 0 Å². The van der Waals surface area contributed by atoms with Crippen LogP contribution in [0.5, 0.6) is 0 Å². The van der Waals surface area contributed by atoms with E-state index < -0.39 is 5.97 Å². The average molecular weight is 427 g/mol. The Bertz CT molecular complexity index is 963. The van der Waals surface area contributed by atoms with Gasteiger partial charge in [-0.2, -0.15) is 0 Å². The largest absolute Gasteiger partial charge is 0.452 e. The number of nitrogens with zero attached hydrogens (tertiary/aromatic N) is 1. The number of aryl methyl sites for hydroxylation is 1. The van der Waals surface area contributed by atoms with Crippen molar-refractivity contribution < 1.29 is 14.3 Å². The molecule has 0 aliphatic rings. The van der Waals surface area contributed by atoms with Crippen LogP contribution in [0, 0.1) is 13.8 Å². The van der Waals surface area contributed by atoms with Crippen molar-refractivity contribution in [2.75, 3.05) is 11.9 Å². The molecule has 0 radical (unpaired) electrons. The zero-order chi connectivity index (χ0) is 19.4. The number of anilines is 1. The fraction of sp³-hybridized carbons (Fsp3) is 0.143. The Kier molecular flexibility index (Phi) is 5.76. The van der Waals surface area contributed by atoms with Gasteiger partial charge in [0.05, 0.1) is 5.56 Å². The molecule has 1 aromatic heterocycles. The predicted octanol–water partition coefficient (Wildman–Crippen LogP) is 4.65. The normalized spacial score (nSPS) is 10.5. The highest BCUT2D eigenvalue weighted by Crippen LogP contribution is 2.21. The van der Waals surface area contributed by atoms with E-state index in [9.17, 15) is 9.59 Å². The van der Waals surface area contributed by atoms with Gasteiger partial charge < -0.3 is 14.6 Å².